The van der Waals surface area contributed by atoms with Crippen molar-refractivity contribution in [2.45, 2.75) is 25.3 Å². The number of nitrogens with zero attached hydrogens (tertiary/aromatic N) is 1. The molecule has 1 atom stereocenters. The number of carbonyl (C=O) groups is 1. The Hall–Kier alpha value is -2.04. The van der Waals surface area contributed by atoms with Crippen molar-refractivity contribution in [2.75, 3.05) is 0 Å². The zero-order valence-corrected chi connectivity index (χ0v) is 9.54. The SMILES string of the molecule is NC(N)=NC(CCC(=O)O)Cc1ccccc1. The summed E-state index contributed by atoms with van der Waals surface area (Å²) in [5, 5.41) is 8.65. The Morgan fingerprint density at radius 2 is 1.94 bits per heavy atom. The summed E-state index contributed by atoms with van der Waals surface area (Å²) in [4.78, 5) is 14.6. The third-order valence-electron chi connectivity index (χ3n) is 2.34. The van der Waals surface area contributed by atoms with Crippen LogP contribution in [0.1, 0.15) is 18.4 Å². The van der Waals surface area contributed by atoms with Gasteiger partial charge in [0.25, 0.3) is 0 Å². The predicted octanol–water partition coefficient (Wildman–Crippen LogP) is 0.736. The summed E-state index contributed by atoms with van der Waals surface area (Å²) in [6, 6.07) is 9.54. The molecule has 0 bridgehead atoms. The van der Waals surface area contributed by atoms with Crippen molar-refractivity contribution < 1.29 is 9.90 Å². The Bertz CT molecular complexity index is 386. The van der Waals surface area contributed by atoms with Crippen LogP contribution in [-0.2, 0) is 11.2 Å². The van der Waals surface area contributed by atoms with E-state index in [0.717, 1.165) is 5.56 Å². The van der Waals surface area contributed by atoms with E-state index in [9.17, 15) is 4.79 Å². The average Bonchev–Trinajstić information content (AvgIpc) is 2.26. The van der Waals surface area contributed by atoms with Crippen molar-refractivity contribution in [3.05, 3.63) is 35.9 Å². The molecule has 0 fully saturated rings. The normalized spacial score (nSPS) is 11.8. The second-order valence-corrected chi connectivity index (χ2v) is 3.83. The molecule has 92 valence electrons. The molecule has 0 aliphatic rings. The molecule has 0 saturated carbocycles. The number of guanidine groups is 1. The number of rotatable bonds is 6. The molecule has 1 aromatic carbocycles. The van der Waals surface area contributed by atoms with E-state index in [2.05, 4.69) is 4.99 Å². The first-order chi connectivity index (χ1) is 8.08. The molecular weight excluding hydrogens is 218 g/mol. The van der Waals surface area contributed by atoms with Gasteiger partial charge in [-0.15, -0.1) is 0 Å². The van der Waals surface area contributed by atoms with E-state index >= 15 is 0 Å². The van der Waals surface area contributed by atoms with Gasteiger partial charge in [-0.25, -0.2) is 4.99 Å². The molecule has 0 aromatic heterocycles. The topological polar surface area (TPSA) is 102 Å². The average molecular weight is 235 g/mol. The quantitative estimate of drug-likeness (QED) is 0.499. The molecule has 0 heterocycles. The molecule has 5 nitrogen and oxygen atoms in total. The summed E-state index contributed by atoms with van der Waals surface area (Å²) >= 11 is 0. The van der Waals surface area contributed by atoms with E-state index in [0.29, 0.717) is 12.8 Å². The first kappa shape index (κ1) is 13.0. The maximum atomic E-state index is 10.5. The van der Waals surface area contributed by atoms with Crippen molar-refractivity contribution in [1.29, 1.82) is 0 Å². The Morgan fingerprint density at radius 3 is 2.47 bits per heavy atom. The van der Waals surface area contributed by atoms with E-state index < -0.39 is 5.97 Å². The Balaban J connectivity index is 2.64. The van der Waals surface area contributed by atoms with Crippen LogP contribution in [0.15, 0.2) is 35.3 Å². The van der Waals surface area contributed by atoms with Crippen LogP contribution >= 0.6 is 0 Å². The van der Waals surface area contributed by atoms with E-state index in [4.69, 9.17) is 16.6 Å². The maximum absolute atomic E-state index is 10.5. The largest absolute Gasteiger partial charge is 0.481 e. The summed E-state index contributed by atoms with van der Waals surface area (Å²) in [5.41, 5.74) is 11.8. The van der Waals surface area contributed by atoms with Gasteiger partial charge in [0.1, 0.15) is 0 Å². The standard InChI is InChI=1S/C12H17N3O2/c13-12(14)15-10(6-7-11(16)17)8-9-4-2-1-3-5-9/h1-5,10H,6-8H2,(H,16,17)(H4,13,14,15). The van der Waals surface area contributed by atoms with Crippen LogP contribution in [0.5, 0.6) is 0 Å². The fourth-order valence-corrected chi connectivity index (χ4v) is 1.60. The summed E-state index contributed by atoms with van der Waals surface area (Å²) < 4.78 is 0. The molecular formula is C12H17N3O2. The zero-order valence-electron chi connectivity index (χ0n) is 9.54. The van der Waals surface area contributed by atoms with Crippen molar-refractivity contribution >= 4 is 11.9 Å². The number of carboxylic acids is 1. The van der Waals surface area contributed by atoms with Gasteiger partial charge < -0.3 is 16.6 Å². The van der Waals surface area contributed by atoms with Gasteiger partial charge in [-0.05, 0) is 18.4 Å². The summed E-state index contributed by atoms with van der Waals surface area (Å²) in [6.45, 7) is 0. The molecule has 5 N–H and O–H groups in total. The third kappa shape index (κ3) is 5.55. The van der Waals surface area contributed by atoms with Crippen LogP contribution in [-0.4, -0.2) is 23.1 Å². The molecule has 1 unspecified atom stereocenters. The molecule has 0 spiro atoms. The molecule has 1 aromatic rings. The minimum absolute atomic E-state index is 0.00341. The Labute approximate surface area is 100 Å². The lowest BCUT2D eigenvalue weighted by molar-refractivity contribution is -0.137. The fourth-order valence-electron chi connectivity index (χ4n) is 1.60. The molecule has 17 heavy (non-hydrogen) atoms. The third-order valence-corrected chi connectivity index (χ3v) is 2.34. The highest BCUT2D eigenvalue weighted by Crippen LogP contribution is 2.10. The first-order valence-corrected chi connectivity index (χ1v) is 5.42. The highest BCUT2D eigenvalue weighted by atomic mass is 16.4. The van der Waals surface area contributed by atoms with Gasteiger partial charge in [-0.3, -0.25) is 4.79 Å². The lowest BCUT2D eigenvalue weighted by Crippen LogP contribution is -2.26. The molecule has 1 rings (SSSR count). The second kappa shape index (κ2) is 6.52. The van der Waals surface area contributed by atoms with Crippen LogP contribution in [0.4, 0.5) is 0 Å². The molecule has 5 heteroatoms. The Kier molecular flexibility index (Phi) is 5.00. The van der Waals surface area contributed by atoms with Crippen molar-refractivity contribution in [3.63, 3.8) is 0 Å². The van der Waals surface area contributed by atoms with E-state index in [1.807, 2.05) is 30.3 Å². The number of carboxylic acid groups (broad SMARTS) is 1. The Morgan fingerprint density at radius 1 is 1.29 bits per heavy atom. The lowest BCUT2D eigenvalue weighted by atomic mass is 10.0. The van der Waals surface area contributed by atoms with Crippen molar-refractivity contribution in [1.82, 2.24) is 0 Å². The number of aliphatic carboxylic acids is 1. The number of nitrogens with two attached hydrogens (primary N) is 2. The van der Waals surface area contributed by atoms with Gasteiger partial charge in [0, 0.05) is 6.42 Å². The number of aliphatic imine (C=N–C) groups is 1. The van der Waals surface area contributed by atoms with Gasteiger partial charge in [0.15, 0.2) is 5.96 Å². The zero-order chi connectivity index (χ0) is 12.7. The van der Waals surface area contributed by atoms with Gasteiger partial charge in [-0.2, -0.15) is 0 Å². The van der Waals surface area contributed by atoms with Gasteiger partial charge in [0.2, 0.25) is 0 Å². The van der Waals surface area contributed by atoms with E-state index in [1.165, 1.54) is 0 Å². The maximum Gasteiger partial charge on any atom is 0.303 e. The smallest absolute Gasteiger partial charge is 0.303 e. The van der Waals surface area contributed by atoms with Gasteiger partial charge in [0.05, 0.1) is 6.04 Å². The summed E-state index contributed by atoms with van der Waals surface area (Å²) in [7, 11) is 0. The van der Waals surface area contributed by atoms with Crippen LogP contribution < -0.4 is 11.5 Å². The van der Waals surface area contributed by atoms with Crippen LogP contribution in [0, 0.1) is 0 Å². The van der Waals surface area contributed by atoms with Gasteiger partial charge in [-0.1, -0.05) is 30.3 Å². The van der Waals surface area contributed by atoms with Crippen LogP contribution in [0.2, 0.25) is 0 Å². The number of hydrogen-bond acceptors (Lipinski definition) is 2. The van der Waals surface area contributed by atoms with Crippen LogP contribution in [0.25, 0.3) is 0 Å². The minimum Gasteiger partial charge on any atom is -0.481 e. The van der Waals surface area contributed by atoms with E-state index in [-0.39, 0.29) is 18.4 Å². The second-order valence-electron chi connectivity index (χ2n) is 3.83. The minimum atomic E-state index is -0.839. The summed E-state index contributed by atoms with van der Waals surface area (Å²) in [5.74, 6) is -0.842. The molecule has 0 aliphatic carbocycles. The van der Waals surface area contributed by atoms with Crippen molar-refractivity contribution in [2.24, 2.45) is 16.5 Å². The summed E-state index contributed by atoms with van der Waals surface area (Å²) in [6.07, 6.45) is 1.14. The lowest BCUT2D eigenvalue weighted by Gasteiger charge is -2.11. The molecule has 0 radical (unpaired) electrons. The predicted molar refractivity (Wildman–Crippen MR) is 66.6 cm³/mol. The first-order valence-electron chi connectivity index (χ1n) is 5.42. The number of benzene rings is 1. The molecule has 0 amide bonds. The molecule has 0 aliphatic heterocycles. The fraction of sp³-hybridized carbons (Fsp3) is 0.333. The van der Waals surface area contributed by atoms with Gasteiger partial charge >= 0.3 is 5.97 Å². The monoisotopic (exact) mass is 235 g/mol. The highest BCUT2D eigenvalue weighted by Gasteiger charge is 2.10. The van der Waals surface area contributed by atoms with Crippen LogP contribution in [0.3, 0.4) is 0 Å². The van der Waals surface area contributed by atoms with E-state index in [1.54, 1.807) is 0 Å². The highest BCUT2D eigenvalue weighted by molar-refractivity contribution is 5.76. The molecule has 0 saturated heterocycles. The number of hydrogen-bond donors (Lipinski definition) is 3. The van der Waals surface area contributed by atoms with Crippen molar-refractivity contribution in [3.8, 4) is 0 Å².